The highest BCUT2D eigenvalue weighted by Gasteiger charge is 2.38. The largest absolute Gasteiger partial charge is 0.381 e. The first-order chi connectivity index (χ1) is 14.8. The first-order valence-corrected chi connectivity index (χ1v) is 12.6. The summed E-state index contributed by atoms with van der Waals surface area (Å²) in [7, 11) is 1.91. The van der Waals surface area contributed by atoms with E-state index >= 15 is 0 Å². The van der Waals surface area contributed by atoms with E-state index in [0.29, 0.717) is 17.5 Å². The smallest absolute Gasteiger partial charge is 0.193 e. The molecule has 3 aliphatic rings. The van der Waals surface area contributed by atoms with Gasteiger partial charge in [0.2, 0.25) is 0 Å². The fourth-order valence-electron chi connectivity index (χ4n) is 4.85. The molecule has 1 aromatic carbocycles. The van der Waals surface area contributed by atoms with Crippen LogP contribution in [0.5, 0.6) is 0 Å². The van der Waals surface area contributed by atoms with E-state index in [1.54, 1.807) is 0 Å². The molecule has 2 saturated heterocycles. The average Bonchev–Trinajstić information content (AvgIpc) is 2.80. The molecule has 0 aromatic heterocycles. The van der Waals surface area contributed by atoms with Crippen molar-refractivity contribution in [1.82, 2.24) is 10.2 Å². The zero-order valence-electron chi connectivity index (χ0n) is 18.8. The lowest BCUT2D eigenvalue weighted by Crippen LogP contribution is -2.53. The molecular formula is C24H38IN3O2S. The van der Waals surface area contributed by atoms with Crippen LogP contribution in [-0.4, -0.2) is 60.8 Å². The van der Waals surface area contributed by atoms with Gasteiger partial charge in [0.25, 0.3) is 0 Å². The predicted molar refractivity (Wildman–Crippen MR) is 141 cm³/mol. The van der Waals surface area contributed by atoms with Gasteiger partial charge in [-0.3, -0.25) is 4.99 Å². The second-order valence-corrected chi connectivity index (χ2v) is 10.4. The maximum absolute atomic E-state index is 6.04. The van der Waals surface area contributed by atoms with Gasteiger partial charge in [-0.2, -0.15) is 11.8 Å². The van der Waals surface area contributed by atoms with Gasteiger partial charge in [-0.25, -0.2) is 0 Å². The molecule has 1 aromatic rings. The van der Waals surface area contributed by atoms with E-state index in [2.05, 4.69) is 51.2 Å². The van der Waals surface area contributed by atoms with Gasteiger partial charge in [0, 0.05) is 50.4 Å². The molecule has 31 heavy (non-hydrogen) atoms. The minimum Gasteiger partial charge on any atom is -0.381 e. The fraction of sp³-hybridized carbons (Fsp3) is 0.708. The highest BCUT2D eigenvalue weighted by molar-refractivity contribution is 14.0. The van der Waals surface area contributed by atoms with Gasteiger partial charge in [-0.15, -0.1) is 24.0 Å². The van der Waals surface area contributed by atoms with Crippen LogP contribution in [0.4, 0.5) is 0 Å². The topological polar surface area (TPSA) is 46.1 Å². The van der Waals surface area contributed by atoms with E-state index in [-0.39, 0.29) is 24.0 Å². The highest BCUT2D eigenvalue weighted by Crippen LogP contribution is 2.42. The standard InChI is InChI=1S/C24H37N3O2S.HI/c1-25-23(27-13-16-30-24(19-27)11-3-2-4-12-24)26-17-20-5-7-21(8-6-20)18-29-22-9-14-28-15-10-22;/h5-8,22H,2-4,9-19H2,1H3,(H,25,26);1H. The van der Waals surface area contributed by atoms with Crippen LogP contribution < -0.4 is 5.32 Å². The van der Waals surface area contributed by atoms with Crippen molar-refractivity contribution in [2.75, 3.05) is 39.1 Å². The molecule has 4 rings (SSSR count). The zero-order valence-corrected chi connectivity index (χ0v) is 22.0. The Kier molecular flexibility index (Phi) is 10.3. The summed E-state index contributed by atoms with van der Waals surface area (Å²) < 4.78 is 11.9. The molecule has 1 aliphatic carbocycles. The fourth-order valence-corrected chi connectivity index (χ4v) is 6.42. The number of nitrogens with zero attached hydrogens (tertiary/aromatic N) is 2. The second kappa shape index (κ2) is 12.7. The summed E-state index contributed by atoms with van der Waals surface area (Å²) in [5, 5.41) is 3.60. The molecule has 3 fully saturated rings. The van der Waals surface area contributed by atoms with Crippen molar-refractivity contribution in [3.63, 3.8) is 0 Å². The Labute approximate surface area is 209 Å². The molecule has 2 heterocycles. The Morgan fingerprint density at radius 3 is 2.58 bits per heavy atom. The zero-order chi connectivity index (χ0) is 20.7. The summed E-state index contributed by atoms with van der Waals surface area (Å²) in [5.41, 5.74) is 2.52. The molecule has 0 amide bonds. The lowest BCUT2D eigenvalue weighted by molar-refractivity contribution is -0.0390. The van der Waals surface area contributed by atoms with Crippen molar-refractivity contribution in [3.8, 4) is 0 Å². The van der Waals surface area contributed by atoms with E-state index in [0.717, 1.165) is 51.6 Å². The number of thioether (sulfide) groups is 1. The van der Waals surface area contributed by atoms with Gasteiger partial charge in [-0.05, 0) is 36.8 Å². The molecule has 1 saturated carbocycles. The van der Waals surface area contributed by atoms with Crippen LogP contribution in [0, 0.1) is 0 Å². The van der Waals surface area contributed by atoms with Crippen LogP contribution in [0.1, 0.15) is 56.1 Å². The van der Waals surface area contributed by atoms with Gasteiger partial charge < -0.3 is 19.7 Å². The molecular weight excluding hydrogens is 521 g/mol. The van der Waals surface area contributed by atoms with Crippen molar-refractivity contribution < 1.29 is 9.47 Å². The number of hydrogen-bond donors (Lipinski definition) is 1. The summed E-state index contributed by atoms with van der Waals surface area (Å²) >= 11 is 2.21. The number of aliphatic imine (C=N–C) groups is 1. The number of guanidine groups is 1. The lowest BCUT2D eigenvalue weighted by atomic mass is 9.87. The second-order valence-electron chi connectivity index (χ2n) is 8.85. The highest BCUT2D eigenvalue weighted by atomic mass is 127. The molecule has 5 nitrogen and oxygen atoms in total. The minimum absolute atomic E-state index is 0. The van der Waals surface area contributed by atoms with Gasteiger partial charge in [0.1, 0.15) is 0 Å². The number of benzene rings is 1. The number of nitrogens with one attached hydrogen (secondary N) is 1. The number of halogens is 1. The van der Waals surface area contributed by atoms with E-state index in [9.17, 15) is 0 Å². The first-order valence-electron chi connectivity index (χ1n) is 11.6. The van der Waals surface area contributed by atoms with Gasteiger partial charge >= 0.3 is 0 Å². The van der Waals surface area contributed by atoms with Crippen molar-refractivity contribution in [2.24, 2.45) is 4.99 Å². The van der Waals surface area contributed by atoms with E-state index < -0.39 is 0 Å². The molecule has 2 aliphatic heterocycles. The lowest BCUT2D eigenvalue weighted by Gasteiger charge is -2.45. The number of rotatable bonds is 5. The van der Waals surface area contributed by atoms with Crippen LogP contribution in [0.2, 0.25) is 0 Å². The Bertz CT molecular complexity index is 683. The third-order valence-electron chi connectivity index (χ3n) is 6.65. The third kappa shape index (κ3) is 7.24. The summed E-state index contributed by atoms with van der Waals surface area (Å²) in [6, 6.07) is 8.79. The van der Waals surface area contributed by atoms with E-state index in [1.165, 1.54) is 49.0 Å². The van der Waals surface area contributed by atoms with E-state index in [1.807, 2.05) is 7.05 Å². The van der Waals surface area contributed by atoms with Gasteiger partial charge in [-0.1, -0.05) is 43.5 Å². The molecule has 7 heteroatoms. The van der Waals surface area contributed by atoms with E-state index in [4.69, 9.17) is 9.47 Å². The molecule has 0 unspecified atom stereocenters. The Balaban J connectivity index is 0.00000272. The molecule has 0 radical (unpaired) electrons. The molecule has 1 N–H and O–H groups in total. The van der Waals surface area contributed by atoms with Crippen LogP contribution in [0.3, 0.4) is 0 Å². The Morgan fingerprint density at radius 2 is 1.87 bits per heavy atom. The Hall–Kier alpha value is -0.510. The number of hydrogen-bond acceptors (Lipinski definition) is 4. The average molecular weight is 560 g/mol. The minimum atomic E-state index is 0. The van der Waals surface area contributed by atoms with Crippen LogP contribution in [0.15, 0.2) is 29.3 Å². The van der Waals surface area contributed by atoms with Crippen molar-refractivity contribution in [2.45, 2.75) is 68.9 Å². The monoisotopic (exact) mass is 559 g/mol. The molecule has 174 valence electrons. The Morgan fingerprint density at radius 1 is 1.16 bits per heavy atom. The maximum Gasteiger partial charge on any atom is 0.193 e. The predicted octanol–water partition coefficient (Wildman–Crippen LogP) is 4.83. The van der Waals surface area contributed by atoms with Gasteiger partial charge in [0.05, 0.1) is 12.7 Å². The summed E-state index contributed by atoms with van der Waals surface area (Å²) in [4.78, 5) is 7.08. The normalized spacial score (nSPS) is 22.2. The number of ether oxygens (including phenoxy) is 2. The first kappa shape index (κ1) is 25.1. The maximum atomic E-state index is 6.04. The van der Waals surface area contributed by atoms with Crippen LogP contribution >= 0.6 is 35.7 Å². The molecule has 0 atom stereocenters. The van der Waals surface area contributed by atoms with Gasteiger partial charge in [0.15, 0.2) is 5.96 Å². The third-order valence-corrected chi connectivity index (χ3v) is 8.19. The molecule has 0 bridgehead atoms. The molecule has 1 spiro atoms. The van der Waals surface area contributed by atoms with Crippen molar-refractivity contribution >= 4 is 41.7 Å². The summed E-state index contributed by atoms with van der Waals surface area (Å²) in [6.45, 7) is 5.38. The summed E-state index contributed by atoms with van der Waals surface area (Å²) in [6.07, 6.45) is 9.28. The quantitative estimate of drug-likeness (QED) is 0.318. The summed E-state index contributed by atoms with van der Waals surface area (Å²) in [5.74, 6) is 2.26. The van der Waals surface area contributed by atoms with Crippen molar-refractivity contribution in [1.29, 1.82) is 0 Å². The van der Waals surface area contributed by atoms with Crippen LogP contribution in [-0.2, 0) is 22.6 Å². The SMILES string of the molecule is CN=C(NCc1ccc(COC2CCOCC2)cc1)N1CCSC2(CCCCC2)C1.I. The van der Waals surface area contributed by atoms with Crippen LogP contribution in [0.25, 0.3) is 0 Å². The van der Waals surface area contributed by atoms with Crippen molar-refractivity contribution in [3.05, 3.63) is 35.4 Å².